The van der Waals surface area contributed by atoms with Crippen molar-refractivity contribution in [3.63, 3.8) is 0 Å². The smallest absolute Gasteiger partial charge is 0.369 e. The first-order valence-corrected chi connectivity index (χ1v) is 5.09. The van der Waals surface area contributed by atoms with E-state index in [9.17, 15) is 14.4 Å². The van der Waals surface area contributed by atoms with Gasteiger partial charge in [-0.15, -0.1) is 0 Å². The average molecular weight is 244 g/mol. The topological polar surface area (TPSA) is 69.7 Å². The van der Waals surface area contributed by atoms with Crippen molar-refractivity contribution in [3.8, 4) is 0 Å². The largest absolute Gasteiger partial charge is 0.457 e. The van der Waals surface area contributed by atoms with Gasteiger partial charge in [-0.25, -0.2) is 9.59 Å². The first kappa shape index (κ1) is 15.3. The van der Waals surface area contributed by atoms with Crippen LogP contribution < -0.4 is 0 Å². The molecule has 6 nitrogen and oxygen atoms in total. The first-order valence-electron chi connectivity index (χ1n) is 5.09. The summed E-state index contributed by atoms with van der Waals surface area (Å²) in [5.74, 6) is -1.73. The van der Waals surface area contributed by atoms with Crippen molar-refractivity contribution >= 4 is 17.9 Å². The summed E-state index contributed by atoms with van der Waals surface area (Å²) in [6.45, 7) is 5.08. The fourth-order valence-electron chi connectivity index (χ4n) is 1.07. The molecule has 17 heavy (non-hydrogen) atoms. The van der Waals surface area contributed by atoms with Crippen molar-refractivity contribution in [1.82, 2.24) is 0 Å². The van der Waals surface area contributed by atoms with Crippen LogP contribution in [0, 0.1) is 0 Å². The van der Waals surface area contributed by atoms with E-state index in [0.29, 0.717) is 6.54 Å². The molecular weight excluding hydrogens is 226 g/mol. The molecule has 0 aliphatic heterocycles. The molecule has 0 aromatic heterocycles. The first-order chi connectivity index (χ1) is 7.76. The number of esters is 3. The van der Waals surface area contributed by atoms with E-state index >= 15 is 0 Å². The molecule has 0 rings (SSSR count). The standard InChI is InChI=1S/C11H18NO5/c1-5-10(14)16-7-6-12(3,4)8-11(15)17-9(2)13/h5H,1,6-8H2,2-4H3/q+1. The van der Waals surface area contributed by atoms with E-state index in [0.717, 1.165) is 6.08 Å². The molecule has 0 amide bonds. The van der Waals surface area contributed by atoms with Crippen LogP contribution in [0.15, 0.2) is 12.7 Å². The third-order valence-electron chi connectivity index (χ3n) is 1.92. The predicted octanol–water partition coefficient (Wildman–Crippen LogP) is -0.118. The molecule has 0 saturated heterocycles. The lowest BCUT2D eigenvalue weighted by Gasteiger charge is -2.27. The summed E-state index contributed by atoms with van der Waals surface area (Å²) in [6.07, 6.45) is 1.07. The lowest BCUT2D eigenvalue weighted by molar-refractivity contribution is -0.883. The maximum absolute atomic E-state index is 11.2. The number of carbonyl (C=O) groups is 3. The zero-order valence-corrected chi connectivity index (χ0v) is 10.4. The van der Waals surface area contributed by atoms with Crippen molar-refractivity contribution < 1.29 is 28.3 Å². The lowest BCUT2D eigenvalue weighted by Crippen LogP contribution is -2.46. The van der Waals surface area contributed by atoms with Crippen LogP contribution in [0.1, 0.15) is 6.92 Å². The molecule has 0 saturated carbocycles. The third kappa shape index (κ3) is 8.15. The fourth-order valence-corrected chi connectivity index (χ4v) is 1.07. The molecule has 6 heteroatoms. The number of hydrogen-bond donors (Lipinski definition) is 0. The maximum atomic E-state index is 11.2. The number of likely N-dealkylation sites (N-methyl/N-ethyl adjacent to an activating group) is 1. The summed E-state index contributed by atoms with van der Waals surface area (Å²) in [4.78, 5) is 32.6. The SMILES string of the molecule is C=CC(=O)OCC[N+](C)(C)CC(=O)OC(C)=O. The van der Waals surface area contributed by atoms with Gasteiger partial charge in [0.15, 0.2) is 6.54 Å². The second kappa shape index (κ2) is 6.80. The molecule has 0 aromatic rings. The van der Waals surface area contributed by atoms with Gasteiger partial charge in [0.05, 0.1) is 14.1 Å². The van der Waals surface area contributed by atoms with Gasteiger partial charge in [-0.1, -0.05) is 6.58 Å². The summed E-state index contributed by atoms with van der Waals surface area (Å²) in [6, 6.07) is 0. The Bertz CT molecular complexity index is 322. The highest BCUT2D eigenvalue weighted by molar-refractivity contribution is 5.84. The normalized spacial score (nSPS) is 10.5. The molecule has 0 N–H and O–H groups in total. The van der Waals surface area contributed by atoms with E-state index in [4.69, 9.17) is 4.74 Å². The van der Waals surface area contributed by atoms with Gasteiger partial charge in [-0.05, 0) is 0 Å². The number of ether oxygens (including phenoxy) is 2. The van der Waals surface area contributed by atoms with Crippen LogP contribution in [0.3, 0.4) is 0 Å². The molecule has 0 bridgehead atoms. The number of nitrogens with zero attached hydrogens (tertiary/aromatic N) is 1. The molecule has 96 valence electrons. The summed E-state index contributed by atoms with van der Waals surface area (Å²) in [7, 11) is 3.53. The Hall–Kier alpha value is -1.69. The van der Waals surface area contributed by atoms with E-state index in [1.165, 1.54) is 6.92 Å². The fraction of sp³-hybridized carbons (Fsp3) is 0.545. The van der Waals surface area contributed by atoms with Crippen molar-refractivity contribution in [2.45, 2.75) is 6.92 Å². The highest BCUT2D eigenvalue weighted by Gasteiger charge is 2.22. The molecule has 0 aliphatic rings. The molecule has 0 unspecified atom stereocenters. The van der Waals surface area contributed by atoms with E-state index in [-0.39, 0.29) is 17.6 Å². The zero-order chi connectivity index (χ0) is 13.5. The van der Waals surface area contributed by atoms with Crippen LogP contribution in [0.4, 0.5) is 0 Å². The van der Waals surface area contributed by atoms with Crippen molar-refractivity contribution in [3.05, 3.63) is 12.7 Å². The number of hydrogen-bond acceptors (Lipinski definition) is 5. The van der Waals surface area contributed by atoms with Gasteiger partial charge < -0.3 is 14.0 Å². The maximum Gasteiger partial charge on any atom is 0.369 e. The highest BCUT2D eigenvalue weighted by atomic mass is 16.6. The van der Waals surface area contributed by atoms with Gasteiger partial charge in [0.2, 0.25) is 0 Å². The van der Waals surface area contributed by atoms with Crippen molar-refractivity contribution in [2.75, 3.05) is 33.8 Å². The van der Waals surface area contributed by atoms with Gasteiger partial charge in [0.25, 0.3) is 0 Å². The van der Waals surface area contributed by atoms with Gasteiger partial charge in [0, 0.05) is 13.0 Å². The minimum absolute atomic E-state index is 0.0330. The van der Waals surface area contributed by atoms with Gasteiger partial charge in [-0.3, -0.25) is 4.79 Å². The second-order valence-electron chi connectivity index (χ2n) is 4.15. The molecule has 0 heterocycles. The van der Waals surface area contributed by atoms with Crippen LogP contribution in [-0.2, 0) is 23.9 Å². The second-order valence-corrected chi connectivity index (χ2v) is 4.15. The van der Waals surface area contributed by atoms with Crippen LogP contribution in [0.5, 0.6) is 0 Å². The minimum atomic E-state index is -0.631. The minimum Gasteiger partial charge on any atom is -0.457 e. The van der Waals surface area contributed by atoms with Gasteiger partial charge in [0.1, 0.15) is 13.2 Å². The molecule has 0 atom stereocenters. The summed E-state index contributed by atoms with van der Waals surface area (Å²) in [5.41, 5.74) is 0. The van der Waals surface area contributed by atoms with E-state index in [1.807, 2.05) is 0 Å². The Morgan fingerprint density at radius 2 is 1.88 bits per heavy atom. The summed E-state index contributed by atoms with van der Waals surface area (Å²) >= 11 is 0. The molecular formula is C11H18NO5+. The zero-order valence-electron chi connectivity index (χ0n) is 10.4. The van der Waals surface area contributed by atoms with Crippen LogP contribution in [-0.4, -0.2) is 56.2 Å². The molecule has 0 spiro atoms. The van der Waals surface area contributed by atoms with Crippen molar-refractivity contribution in [2.24, 2.45) is 0 Å². The lowest BCUT2D eigenvalue weighted by atomic mass is 10.4. The van der Waals surface area contributed by atoms with Crippen molar-refractivity contribution in [1.29, 1.82) is 0 Å². The van der Waals surface area contributed by atoms with E-state index in [2.05, 4.69) is 11.3 Å². The quantitative estimate of drug-likeness (QED) is 0.282. The Morgan fingerprint density at radius 3 is 2.35 bits per heavy atom. The van der Waals surface area contributed by atoms with Gasteiger partial charge in [-0.2, -0.15) is 0 Å². The van der Waals surface area contributed by atoms with E-state index in [1.54, 1.807) is 14.1 Å². The van der Waals surface area contributed by atoms with Crippen LogP contribution in [0.2, 0.25) is 0 Å². The Kier molecular flexibility index (Phi) is 6.12. The average Bonchev–Trinajstić information content (AvgIpc) is 2.14. The molecule has 0 aliphatic carbocycles. The molecule has 0 radical (unpaired) electrons. The Balaban J connectivity index is 4.02. The number of quaternary nitrogens is 1. The number of carbonyl (C=O) groups excluding carboxylic acids is 3. The predicted molar refractivity (Wildman–Crippen MR) is 59.8 cm³/mol. The monoisotopic (exact) mass is 244 g/mol. The molecule has 0 fully saturated rings. The van der Waals surface area contributed by atoms with Gasteiger partial charge >= 0.3 is 17.9 Å². The Morgan fingerprint density at radius 1 is 1.29 bits per heavy atom. The highest BCUT2D eigenvalue weighted by Crippen LogP contribution is 1.98. The summed E-state index contributed by atoms with van der Waals surface area (Å²) < 4.78 is 9.48. The Labute approximate surface area is 100 Å². The number of rotatable bonds is 6. The van der Waals surface area contributed by atoms with Crippen LogP contribution in [0.25, 0.3) is 0 Å². The van der Waals surface area contributed by atoms with Crippen LogP contribution >= 0.6 is 0 Å². The van der Waals surface area contributed by atoms with E-state index < -0.39 is 17.9 Å². The third-order valence-corrected chi connectivity index (χ3v) is 1.92. The molecule has 0 aromatic carbocycles. The summed E-state index contributed by atoms with van der Waals surface area (Å²) in [5, 5.41) is 0.